The van der Waals surface area contributed by atoms with Crippen LogP contribution in [0, 0.1) is 0 Å². The van der Waals surface area contributed by atoms with Gasteiger partial charge in [0.25, 0.3) is 0 Å². The van der Waals surface area contributed by atoms with Gasteiger partial charge in [0.1, 0.15) is 17.7 Å². The van der Waals surface area contributed by atoms with Gasteiger partial charge in [0.05, 0.1) is 13.2 Å². The topological polar surface area (TPSA) is 59.1 Å². The molecule has 27 heavy (non-hydrogen) atoms. The summed E-state index contributed by atoms with van der Waals surface area (Å²) < 4.78 is 11.4. The summed E-state index contributed by atoms with van der Waals surface area (Å²) in [5.74, 6) is 0.00444. The van der Waals surface area contributed by atoms with Gasteiger partial charge in [0.15, 0.2) is 0 Å². The normalized spacial score (nSPS) is 23.8. The van der Waals surface area contributed by atoms with Crippen LogP contribution < -0.4 is 0 Å². The molecule has 0 spiro atoms. The molecule has 3 rings (SSSR count). The molecule has 0 bridgehead atoms. The quantitative estimate of drug-likeness (QED) is 0.796. The summed E-state index contributed by atoms with van der Waals surface area (Å²) >= 11 is 0. The third-order valence-corrected chi connectivity index (χ3v) is 4.97. The van der Waals surface area contributed by atoms with Crippen molar-refractivity contribution in [1.29, 1.82) is 0 Å². The van der Waals surface area contributed by atoms with Crippen molar-refractivity contribution in [2.24, 2.45) is 0 Å². The van der Waals surface area contributed by atoms with Gasteiger partial charge in [-0.2, -0.15) is 0 Å². The summed E-state index contributed by atoms with van der Waals surface area (Å²) in [6, 6.07) is 9.52. The number of nitrogens with zero attached hydrogens (tertiary/aromatic N) is 2. The monoisotopic (exact) mass is 374 g/mol. The number of ether oxygens (including phenoxy) is 2. The van der Waals surface area contributed by atoms with Crippen molar-refractivity contribution >= 4 is 12.0 Å². The standard InChI is InChI=1S/C21H30N2O4/c1-21(2,3)27-20(25)23-12-8-7-11-17(23)19(24)22-13-14-26-18(15-22)16-9-5-4-6-10-16/h4-6,9-10,17-18H,7-8,11-15H2,1-3H3. The number of benzene rings is 1. The Morgan fingerprint density at radius 1 is 1.11 bits per heavy atom. The highest BCUT2D eigenvalue weighted by atomic mass is 16.6. The lowest BCUT2D eigenvalue weighted by atomic mass is 10.0. The second-order valence-corrected chi connectivity index (χ2v) is 8.24. The van der Waals surface area contributed by atoms with E-state index in [1.807, 2.05) is 56.0 Å². The molecule has 0 saturated carbocycles. The van der Waals surface area contributed by atoms with E-state index >= 15 is 0 Å². The predicted octanol–water partition coefficient (Wildman–Crippen LogP) is 3.38. The third-order valence-electron chi connectivity index (χ3n) is 4.97. The summed E-state index contributed by atoms with van der Waals surface area (Å²) in [4.78, 5) is 29.3. The SMILES string of the molecule is CC(C)(C)OC(=O)N1CCCCC1C(=O)N1CCOC(c2ccccc2)C1. The van der Waals surface area contributed by atoms with Crippen LogP contribution in [0.5, 0.6) is 0 Å². The Morgan fingerprint density at radius 2 is 1.85 bits per heavy atom. The Hall–Kier alpha value is -2.08. The first-order valence-electron chi connectivity index (χ1n) is 9.80. The number of hydrogen-bond acceptors (Lipinski definition) is 4. The molecule has 2 atom stereocenters. The summed E-state index contributed by atoms with van der Waals surface area (Å²) in [5.41, 5.74) is 0.502. The highest BCUT2D eigenvalue weighted by Crippen LogP contribution is 2.26. The molecule has 2 aliphatic heterocycles. The number of morpholine rings is 1. The van der Waals surface area contributed by atoms with Crippen LogP contribution in [0.2, 0.25) is 0 Å². The maximum absolute atomic E-state index is 13.2. The number of likely N-dealkylation sites (tertiary alicyclic amines) is 1. The Balaban J connectivity index is 1.69. The number of hydrogen-bond donors (Lipinski definition) is 0. The second kappa shape index (κ2) is 8.30. The largest absolute Gasteiger partial charge is 0.444 e. The molecule has 6 heteroatoms. The lowest BCUT2D eigenvalue weighted by Crippen LogP contribution is -2.56. The van der Waals surface area contributed by atoms with E-state index in [1.165, 1.54) is 0 Å². The Morgan fingerprint density at radius 3 is 2.56 bits per heavy atom. The van der Waals surface area contributed by atoms with Gasteiger partial charge in [0, 0.05) is 13.1 Å². The first-order chi connectivity index (χ1) is 12.8. The van der Waals surface area contributed by atoms with Crippen molar-refractivity contribution in [2.45, 2.75) is 57.8 Å². The summed E-state index contributed by atoms with van der Waals surface area (Å²) in [6.45, 7) is 7.68. The van der Waals surface area contributed by atoms with Crippen LogP contribution in [0.1, 0.15) is 51.7 Å². The molecule has 0 radical (unpaired) electrons. The summed E-state index contributed by atoms with van der Waals surface area (Å²) in [6.07, 6.45) is 2.02. The number of piperidine rings is 1. The van der Waals surface area contributed by atoms with E-state index in [1.54, 1.807) is 4.90 Å². The molecule has 2 unspecified atom stereocenters. The van der Waals surface area contributed by atoms with Gasteiger partial charge >= 0.3 is 6.09 Å². The minimum atomic E-state index is -0.570. The lowest BCUT2D eigenvalue weighted by molar-refractivity contribution is -0.145. The maximum Gasteiger partial charge on any atom is 0.410 e. The third kappa shape index (κ3) is 5.01. The van der Waals surface area contributed by atoms with Crippen molar-refractivity contribution in [3.63, 3.8) is 0 Å². The van der Waals surface area contributed by atoms with Crippen LogP contribution in [-0.4, -0.2) is 59.7 Å². The molecule has 2 aliphatic rings. The fourth-order valence-electron chi connectivity index (χ4n) is 3.66. The molecule has 2 saturated heterocycles. The lowest BCUT2D eigenvalue weighted by Gasteiger charge is -2.40. The van der Waals surface area contributed by atoms with Crippen LogP contribution in [0.3, 0.4) is 0 Å². The number of carbonyl (C=O) groups excluding carboxylic acids is 2. The van der Waals surface area contributed by atoms with Gasteiger partial charge in [-0.1, -0.05) is 30.3 Å². The van der Waals surface area contributed by atoms with Gasteiger partial charge in [-0.05, 0) is 45.6 Å². The molecular formula is C21H30N2O4. The van der Waals surface area contributed by atoms with E-state index in [0.29, 0.717) is 32.7 Å². The minimum Gasteiger partial charge on any atom is -0.444 e. The Kier molecular flexibility index (Phi) is 6.05. The second-order valence-electron chi connectivity index (χ2n) is 8.24. The molecule has 0 aromatic heterocycles. The molecule has 0 N–H and O–H groups in total. The zero-order chi connectivity index (χ0) is 19.4. The molecule has 6 nitrogen and oxygen atoms in total. The van der Waals surface area contributed by atoms with Crippen molar-refractivity contribution in [1.82, 2.24) is 9.80 Å². The molecule has 1 aromatic rings. The fraction of sp³-hybridized carbons (Fsp3) is 0.619. The average molecular weight is 374 g/mol. The average Bonchev–Trinajstić information content (AvgIpc) is 2.67. The Bertz CT molecular complexity index is 656. The molecule has 2 fully saturated rings. The molecule has 0 aliphatic carbocycles. The highest BCUT2D eigenvalue weighted by Gasteiger charge is 2.38. The number of rotatable bonds is 2. The highest BCUT2D eigenvalue weighted by molar-refractivity contribution is 5.86. The van der Waals surface area contributed by atoms with Crippen molar-refractivity contribution < 1.29 is 19.1 Å². The van der Waals surface area contributed by atoms with Crippen LogP contribution in [0.4, 0.5) is 4.79 Å². The molecule has 2 heterocycles. The fourth-order valence-corrected chi connectivity index (χ4v) is 3.66. The molecular weight excluding hydrogens is 344 g/mol. The van der Waals surface area contributed by atoms with Gasteiger partial charge in [-0.25, -0.2) is 4.79 Å². The van der Waals surface area contributed by atoms with Gasteiger partial charge in [-0.15, -0.1) is 0 Å². The first kappa shape index (κ1) is 19.7. The summed E-state index contributed by atoms with van der Waals surface area (Å²) in [5, 5.41) is 0. The van der Waals surface area contributed by atoms with Crippen molar-refractivity contribution in [3.8, 4) is 0 Å². The maximum atomic E-state index is 13.2. The first-order valence-corrected chi connectivity index (χ1v) is 9.80. The van der Waals surface area contributed by atoms with Crippen LogP contribution in [0.25, 0.3) is 0 Å². The molecule has 1 aromatic carbocycles. The van der Waals surface area contributed by atoms with E-state index in [0.717, 1.165) is 18.4 Å². The van der Waals surface area contributed by atoms with E-state index in [2.05, 4.69) is 0 Å². The van der Waals surface area contributed by atoms with Crippen LogP contribution in [0.15, 0.2) is 30.3 Å². The number of amides is 2. The number of carbonyl (C=O) groups is 2. The van der Waals surface area contributed by atoms with Gasteiger partial charge in [0.2, 0.25) is 5.91 Å². The molecule has 2 amide bonds. The Labute approximate surface area is 161 Å². The van der Waals surface area contributed by atoms with E-state index in [-0.39, 0.29) is 12.0 Å². The zero-order valence-corrected chi connectivity index (χ0v) is 16.5. The van der Waals surface area contributed by atoms with Gasteiger partial charge in [-0.3, -0.25) is 9.69 Å². The van der Waals surface area contributed by atoms with Crippen molar-refractivity contribution in [2.75, 3.05) is 26.2 Å². The summed E-state index contributed by atoms with van der Waals surface area (Å²) in [7, 11) is 0. The molecule has 148 valence electrons. The van der Waals surface area contributed by atoms with Gasteiger partial charge < -0.3 is 14.4 Å². The smallest absolute Gasteiger partial charge is 0.410 e. The zero-order valence-electron chi connectivity index (χ0n) is 16.5. The van der Waals surface area contributed by atoms with Crippen LogP contribution >= 0.6 is 0 Å². The van der Waals surface area contributed by atoms with E-state index in [9.17, 15) is 9.59 Å². The van der Waals surface area contributed by atoms with Crippen LogP contribution in [-0.2, 0) is 14.3 Å². The van der Waals surface area contributed by atoms with E-state index < -0.39 is 17.7 Å². The minimum absolute atomic E-state index is 0.00444. The predicted molar refractivity (Wildman–Crippen MR) is 102 cm³/mol. The van der Waals surface area contributed by atoms with E-state index in [4.69, 9.17) is 9.47 Å². The van der Waals surface area contributed by atoms with Crippen molar-refractivity contribution in [3.05, 3.63) is 35.9 Å².